The van der Waals surface area contributed by atoms with Crippen LogP contribution in [0.2, 0.25) is 0 Å². The summed E-state index contributed by atoms with van der Waals surface area (Å²) in [6, 6.07) is 5.63. The van der Waals surface area contributed by atoms with Gasteiger partial charge >= 0.3 is 5.97 Å². The highest BCUT2D eigenvalue weighted by molar-refractivity contribution is 5.69. The second-order valence-electron chi connectivity index (χ2n) is 5.53. The van der Waals surface area contributed by atoms with Gasteiger partial charge in [0.25, 0.3) is 0 Å². The lowest BCUT2D eigenvalue weighted by Gasteiger charge is -2.25. The Morgan fingerprint density at radius 1 is 1.53 bits per heavy atom. The highest BCUT2D eigenvalue weighted by Gasteiger charge is 2.23. The molecule has 2 N–H and O–H groups in total. The number of esters is 1. The van der Waals surface area contributed by atoms with Crippen LogP contribution in [0.4, 0.5) is 5.69 Å². The van der Waals surface area contributed by atoms with Crippen molar-refractivity contribution in [3.8, 4) is 5.75 Å². The molecule has 0 amide bonds. The maximum absolute atomic E-state index is 11.7. The van der Waals surface area contributed by atoms with Gasteiger partial charge in [0.2, 0.25) is 0 Å². The molecule has 0 radical (unpaired) electrons. The lowest BCUT2D eigenvalue weighted by molar-refractivity contribution is -0.146. The van der Waals surface area contributed by atoms with E-state index in [0.717, 1.165) is 23.4 Å². The van der Waals surface area contributed by atoms with Crippen LogP contribution in [-0.4, -0.2) is 19.2 Å². The first-order valence-electron chi connectivity index (χ1n) is 6.71. The van der Waals surface area contributed by atoms with E-state index >= 15 is 0 Å². The van der Waals surface area contributed by atoms with Gasteiger partial charge in [-0.15, -0.1) is 0 Å². The van der Waals surface area contributed by atoms with Crippen molar-refractivity contribution in [2.24, 2.45) is 11.8 Å². The number of anilines is 1. The molecular formula is C15H21NO3. The summed E-state index contributed by atoms with van der Waals surface area (Å²) in [7, 11) is 0. The van der Waals surface area contributed by atoms with Crippen LogP contribution in [0, 0.1) is 11.8 Å². The SMILES string of the molecule is CC(C)COC(=O)CC1COc2ccc(N)cc2C1. The third kappa shape index (κ3) is 3.88. The zero-order valence-corrected chi connectivity index (χ0v) is 11.5. The molecule has 104 valence electrons. The van der Waals surface area contributed by atoms with Crippen LogP contribution in [-0.2, 0) is 16.0 Å². The van der Waals surface area contributed by atoms with Crippen molar-refractivity contribution in [3.05, 3.63) is 23.8 Å². The number of rotatable bonds is 4. The smallest absolute Gasteiger partial charge is 0.306 e. The second-order valence-corrected chi connectivity index (χ2v) is 5.53. The fraction of sp³-hybridized carbons (Fsp3) is 0.533. The van der Waals surface area contributed by atoms with Crippen molar-refractivity contribution in [2.45, 2.75) is 26.7 Å². The van der Waals surface area contributed by atoms with Crippen molar-refractivity contribution in [1.29, 1.82) is 0 Å². The minimum atomic E-state index is -0.144. The molecule has 0 bridgehead atoms. The predicted molar refractivity (Wildman–Crippen MR) is 74.0 cm³/mol. The van der Waals surface area contributed by atoms with Crippen LogP contribution in [0.15, 0.2) is 18.2 Å². The van der Waals surface area contributed by atoms with Gasteiger partial charge in [-0.05, 0) is 36.1 Å². The molecule has 0 spiro atoms. The Balaban J connectivity index is 1.89. The van der Waals surface area contributed by atoms with Crippen LogP contribution in [0.5, 0.6) is 5.75 Å². The van der Waals surface area contributed by atoms with Crippen LogP contribution in [0.3, 0.4) is 0 Å². The van der Waals surface area contributed by atoms with Crippen molar-refractivity contribution >= 4 is 11.7 Å². The minimum Gasteiger partial charge on any atom is -0.493 e. The fourth-order valence-corrected chi connectivity index (χ4v) is 2.16. The molecule has 0 aliphatic carbocycles. The molecule has 2 rings (SSSR count). The van der Waals surface area contributed by atoms with Gasteiger partial charge < -0.3 is 15.2 Å². The number of carbonyl (C=O) groups is 1. The molecule has 0 fully saturated rings. The number of fused-ring (bicyclic) bond motifs is 1. The Kier molecular flexibility index (Phi) is 4.30. The maximum Gasteiger partial charge on any atom is 0.306 e. The molecule has 0 aromatic heterocycles. The van der Waals surface area contributed by atoms with Gasteiger partial charge in [0, 0.05) is 11.6 Å². The standard InChI is InChI=1S/C15H21NO3/c1-10(2)8-19-15(17)6-11-5-12-7-13(16)3-4-14(12)18-9-11/h3-4,7,10-11H,5-6,8-9,16H2,1-2H3. The highest BCUT2D eigenvalue weighted by atomic mass is 16.5. The molecule has 1 aliphatic rings. The minimum absolute atomic E-state index is 0.144. The highest BCUT2D eigenvalue weighted by Crippen LogP contribution is 2.30. The van der Waals surface area contributed by atoms with E-state index in [1.807, 2.05) is 32.0 Å². The van der Waals surface area contributed by atoms with Crippen LogP contribution < -0.4 is 10.5 Å². The summed E-state index contributed by atoms with van der Waals surface area (Å²) in [6.07, 6.45) is 1.22. The van der Waals surface area contributed by atoms with Crippen LogP contribution >= 0.6 is 0 Å². The zero-order valence-electron chi connectivity index (χ0n) is 11.5. The first kappa shape index (κ1) is 13.7. The summed E-state index contributed by atoms with van der Waals surface area (Å²) >= 11 is 0. The number of benzene rings is 1. The van der Waals surface area contributed by atoms with E-state index in [2.05, 4.69) is 0 Å². The Morgan fingerprint density at radius 2 is 2.32 bits per heavy atom. The summed E-state index contributed by atoms with van der Waals surface area (Å²) < 4.78 is 10.9. The van der Waals surface area contributed by atoms with Gasteiger partial charge in [0.15, 0.2) is 0 Å². The summed E-state index contributed by atoms with van der Waals surface area (Å²) in [5.41, 5.74) is 7.57. The number of nitrogens with two attached hydrogens (primary N) is 1. The molecule has 1 aromatic carbocycles. The molecule has 1 aliphatic heterocycles. The van der Waals surface area contributed by atoms with Gasteiger partial charge in [0.05, 0.1) is 19.6 Å². The van der Waals surface area contributed by atoms with Crippen molar-refractivity contribution in [3.63, 3.8) is 0 Å². The average molecular weight is 263 g/mol. The molecule has 0 saturated heterocycles. The van der Waals surface area contributed by atoms with Crippen LogP contribution in [0.1, 0.15) is 25.8 Å². The topological polar surface area (TPSA) is 61.5 Å². The van der Waals surface area contributed by atoms with E-state index in [1.54, 1.807) is 0 Å². The Hall–Kier alpha value is -1.71. The molecule has 4 heteroatoms. The average Bonchev–Trinajstić information content (AvgIpc) is 2.36. The lowest BCUT2D eigenvalue weighted by Crippen LogP contribution is -2.25. The van der Waals surface area contributed by atoms with E-state index in [9.17, 15) is 4.79 Å². The summed E-state index contributed by atoms with van der Waals surface area (Å²) in [5, 5.41) is 0. The Bertz CT molecular complexity index is 457. The van der Waals surface area contributed by atoms with E-state index in [-0.39, 0.29) is 11.9 Å². The summed E-state index contributed by atoms with van der Waals surface area (Å²) in [4.78, 5) is 11.7. The number of carbonyl (C=O) groups excluding carboxylic acids is 1. The van der Waals surface area contributed by atoms with Crippen molar-refractivity contribution in [2.75, 3.05) is 18.9 Å². The van der Waals surface area contributed by atoms with E-state index in [1.165, 1.54) is 0 Å². The zero-order chi connectivity index (χ0) is 13.8. The molecule has 4 nitrogen and oxygen atoms in total. The molecule has 1 heterocycles. The fourth-order valence-electron chi connectivity index (χ4n) is 2.16. The van der Waals surface area contributed by atoms with E-state index < -0.39 is 0 Å². The summed E-state index contributed by atoms with van der Waals surface area (Å²) in [6.45, 7) is 5.09. The van der Waals surface area contributed by atoms with Crippen molar-refractivity contribution in [1.82, 2.24) is 0 Å². The third-order valence-electron chi connectivity index (χ3n) is 3.10. The third-order valence-corrected chi connectivity index (χ3v) is 3.10. The number of hydrogen-bond acceptors (Lipinski definition) is 4. The molecule has 1 atom stereocenters. The maximum atomic E-state index is 11.7. The first-order valence-corrected chi connectivity index (χ1v) is 6.71. The normalized spacial score (nSPS) is 17.7. The monoisotopic (exact) mass is 263 g/mol. The number of hydrogen-bond donors (Lipinski definition) is 1. The summed E-state index contributed by atoms with van der Waals surface area (Å²) in [5.74, 6) is 1.27. The quantitative estimate of drug-likeness (QED) is 0.669. The molecule has 19 heavy (non-hydrogen) atoms. The molecular weight excluding hydrogens is 242 g/mol. The van der Waals surface area contributed by atoms with E-state index in [4.69, 9.17) is 15.2 Å². The number of nitrogen functional groups attached to an aromatic ring is 1. The lowest BCUT2D eigenvalue weighted by atomic mass is 9.94. The van der Waals surface area contributed by atoms with Gasteiger partial charge in [-0.1, -0.05) is 13.8 Å². The Morgan fingerprint density at radius 3 is 3.05 bits per heavy atom. The largest absolute Gasteiger partial charge is 0.493 e. The first-order chi connectivity index (χ1) is 9.04. The van der Waals surface area contributed by atoms with Crippen molar-refractivity contribution < 1.29 is 14.3 Å². The van der Waals surface area contributed by atoms with E-state index in [0.29, 0.717) is 25.6 Å². The van der Waals surface area contributed by atoms with Gasteiger partial charge in [-0.3, -0.25) is 4.79 Å². The van der Waals surface area contributed by atoms with Gasteiger partial charge in [-0.2, -0.15) is 0 Å². The van der Waals surface area contributed by atoms with Crippen LogP contribution in [0.25, 0.3) is 0 Å². The number of ether oxygens (including phenoxy) is 2. The second kappa shape index (κ2) is 5.95. The van der Waals surface area contributed by atoms with Gasteiger partial charge in [0.1, 0.15) is 5.75 Å². The molecule has 0 saturated carbocycles. The van der Waals surface area contributed by atoms with Gasteiger partial charge in [-0.25, -0.2) is 0 Å². The predicted octanol–water partition coefficient (Wildman–Crippen LogP) is 2.41. The molecule has 1 aromatic rings. The Labute approximate surface area is 113 Å². The molecule has 1 unspecified atom stereocenters.